The van der Waals surface area contributed by atoms with Crippen LogP contribution in [-0.2, 0) is 6.54 Å². The molecule has 2 heterocycles. The van der Waals surface area contributed by atoms with Crippen LogP contribution in [0.3, 0.4) is 0 Å². The van der Waals surface area contributed by atoms with Crippen molar-refractivity contribution in [3.63, 3.8) is 0 Å². The summed E-state index contributed by atoms with van der Waals surface area (Å²) in [5, 5.41) is 0. The highest BCUT2D eigenvalue weighted by molar-refractivity contribution is 5.92. The lowest BCUT2D eigenvalue weighted by atomic mass is 9.95. The quantitative estimate of drug-likeness (QED) is 0.380. The van der Waals surface area contributed by atoms with Crippen LogP contribution >= 0.6 is 0 Å². The second-order valence-electron chi connectivity index (χ2n) is 7.87. The normalized spacial score (nSPS) is 13.4. The highest BCUT2D eigenvalue weighted by Gasteiger charge is 2.27. The van der Waals surface area contributed by atoms with Crippen molar-refractivity contribution in [3.8, 4) is 0 Å². The molecule has 172 valence electrons. The number of fused-ring (bicyclic) bond motifs is 1. The molecule has 32 heavy (non-hydrogen) atoms. The maximum absolute atomic E-state index is 14.6. The number of hydrogen-bond acceptors (Lipinski definition) is 3. The Morgan fingerprint density at radius 3 is 2.62 bits per heavy atom. The summed E-state index contributed by atoms with van der Waals surface area (Å²) >= 11 is 0. The number of aryl methyl sites for hydroxylation is 1. The molecule has 1 aromatic heterocycles. The summed E-state index contributed by atoms with van der Waals surface area (Å²) in [5.74, 6) is -1.28. The Labute approximate surface area is 190 Å². The van der Waals surface area contributed by atoms with E-state index >= 15 is 0 Å². The van der Waals surface area contributed by atoms with E-state index in [2.05, 4.69) is 23.1 Å². The Kier molecular flexibility index (Phi) is 9.44. The molecule has 0 amide bonds. The van der Waals surface area contributed by atoms with Gasteiger partial charge in [0.2, 0.25) is 0 Å². The van der Waals surface area contributed by atoms with Crippen molar-refractivity contribution in [1.29, 1.82) is 0 Å². The molecule has 0 saturated heterocycles. The zero-order valence-electron chi connectivity index (χ0n) is 19.5. The van der Waals surface area contributed by atoms with Gasteiger partial charge in [-0.2, -0.15) is 0 Å². The van der Waals surface area contributed by atoms with Crippen LogP contribution in [0.1, 0.15) is 51.2 Å². The number of unbranched alkanes of at least 4 members (excludes halogenated alkanes) is 1. The van der Waals surface area contributed by atoms with Crippen molar-refractivity contribution in [3.05, 3.63) is 84.1 Å². The van der Waals surface area contributed by atoms with E-state index in [1.165, 1.54) is 25.3 Å². The largest absolute Gasteiger partial charge is 0.396 e. The molecule has 0 aliphatic carbocycles. The smallest absolute Gasteiger partial charge is 0.153 e. The maximum atomic E-state index is 14.6. The van der Waals surface area contributed by atoms with Gasteiger partial charge in [0.05, 0.1) is 17.7 Å². The van der Waals surface area contributed by atoms with Gasteiger partial charge in [0.1, 0.15) is 0 Å². The number of rotatable bonds is 7. The molecule has 1 aliphatic heterocycles. The van der Waals surface area contributed by atoms with Crippen molar-refractivity contribution >= 4 is 16.9 Å². The van der Waals surface area contributed by atoms with Gasteiger partial charge in [0.25, 0.3) is 0 Å². The van der Waals surface area contributed by atoms with Crippen LogP contribution in [-0.4, -0.2) is 16.1 Å². The van der Waals surface area contributed by atoms with Crippen molar-refractivity contribution < 1.29 is 8.78 Å². The van der Waals surface area contributed by atoms with Crippen LogP contribution in [0.5, 0.6) is 0 Å². The first-order valence-corrected chi connectivity index (χ1v) is 11.0. The fourth-order valence-corrected chi connectivity index (χ4v) is 3.34. The number of nitrogen functional groups attached to an aromatic ring is 1. The first-order chi connectivity index (χ1) is 15.3. The zero-order valence-corrected chi connectivity index (χ0v) is 19.5. The molecule has 0 unspecified atom stereocenters. The Hall–Kier alpha value is -3.15. The van der Waals surface area contributed by atoms with Crippen LogP contribution < -0.4 is 10.6 Å². The van der Waals surface area contributed by atoms with Crippen LogP contribution in [0.2, 0.25) is 0 Å². The summed E-state index contributed by atoms with van der Waals surface area (Å²) in [6.07, 6.45) is 18.4. The van der Waals surface area contributed by atoms with Crippen LogP contribution in [0.25, 0.3) is 5.57 Å². The van der Waals surface area contributed by atoms with E-state index in [-0.39, 0.29) is 11.3 Å². The number of benzene rings is 1. The van der Waals surface area contributed by atoms with E-state index in [0.717, 1.165) is 13.0 Å². The molecule has 3 rings (SSSR count). The Bertz CT molecular complexity index is 1000. The number of aromatic nitrogens is 2. The summed E-state index contributed by atoms with van der Waals surface area (Å²) in [6, 6.07) is 0. The van der Waals surface area contributed by atoms with E-state index in [9.17, 15) is 8.78 Å². The van der Waals surface area contributed by atoms with E-state index in [4.69, 9.17) is 5.73 Å². The minimum absolute atomic E-state index is 0.0422. The van der Waals surface area contributed by atoms with Crippen molar-refractivity contribution in [2.24, 2.45) is 0 Å². The monoisotopic (exact) mass is 440 g/mol. The van der Waals surface area contributed by atoms with Gasteiger partial charge in [-0.15, -0.1) is 0 Å². The van der Waals surface area contributed by atoms with Gasteiger partial charge in [-0.05, 0) is 45.3 Å². The second kappa shape index (κ2) is 12.0. The molecule has 2 N–H and O–H groups in total. The molecule has 0 spiro atoms. The van der Waals surface area contributed by atoms with E-state index in [0.29, 0.717) is 23.4 Å². The number of allylic oxidation sites excluding steroid dienone is 5. The van der Waals surface area contributed by atoms with E-state index < -0.39 is 11.6 Å². The molecule has 1 aromatic carbocycles. The molecule has 4 nitrogen and oxygen atoms in total. The predicted molar refractivity (Wildman–Crippen MR) is 131 cm³/mol. The number of nitrogens with two attached hydrogens (primary N) is 1. The third-order valence-corrected chi connectivity index (χ3v) is 5.32. The topological polar surface area (TPSA) is 47.1 Å². The summed E-state index contributed by atoms with van der Waals surface area (Å²) in [6.45, 7) is 13.1. The zero-order chi connectivity index (χ0) is 23.7. The van der Waals surface area contributed by atoms with Crippen molar-refractivity contribution in [1.82, 2.24) is 9.55 Å². The summed E-state index contributed by atoms with van der Waals surface area (Å²) in [4.78, 5) is 5.71. The molecule has 0 radical (unpaired) electrons. The van der Waals surface area contributed by atoms with Gasteiger partial charge in [-0.25, -0.2) is 13.8 Å². The lowest BCUT2D eigenvalue weighted by Crippen LogP contribution is -2.24. The fraction of sp³-hybridized carbons (Fsp3) is 0.346. The molecule has 0 saturated carbocycles. The van der Waals surface area contributed by atoms with Crippen LogP contribution in [0, 0.1) is 18.6 Å². The number of anilines is 2. The maximum Gasteiger partial charge on any atom is 0.153 e. The average Bonchev–Trinajstić information content (AvgIpc) is 3.31. The molecule has 0 atom stereocenters. The Morgan fingerprint density at radius 2 is 2.00 bits per heavy atom. The summed E-state index contributed by atoms with van der Waals surface area (Å²) < 4.78 is 30.8. The van der Waals surface area contributed by atoms with Gasteiger partial charge < -0.3 is 15.2 Å². The van der Waals surface area contributed by atoms with Gasteiger partial charge in [-0.3, -0.25) is 0 Å². The predicted octanol–water partition coefficient (Wildman–Crippen LogP) is 6.80. The molecular formula is C26H34F2N4. The number of hydrogen-bond donors (Lipinski definition) is 1. The number of halogens is 2. The standard InChI is InChI=1S/C19H22F2N2.C7H12N2/c1-5-6-7-12(2)8-10-23-11-9-13(3)15-18(22)16(20)14(4)17(21)19(15)23;1-2-3-5-9-6-4-8-7-9/h5-7,9,11H,3,8,10,22H2,1-2,4H3;4,6-7H,2-3,5H2,1H3/b6-5-,12-7+;. The fourth-order valence-electron chi connectivity index (χ4n) is 3.34. The highest BCUT2D eigenvalue weighted by atomic mass is 19.1. The first-order valence-electron chi connectivity index (χ1n) is 11.0. The van der Waals surface area contributed by atoms with Gasteiger partial charge >= 0.3 is 0 Å². The van der Waals surface area contributed by atoms with E-state index in [1.807, 2.05) is 50.8 Å². The van der Waals surface area contributed by atoms with Crippen molar-refractivity contribution in [2.75, 3.05) is 17.2 Å². The van der Waals surface area contributed by atoms with Gasteiger partial charge in [0.15, 0.2) is 11.6 Å². The summed E-state index contributed by atoms with van der Waals surface area (Å²) in [5.41, 5.74) is 8.12. The minimum atomic E-state index is -0.707. The lowest BCUT2D eigenvalue weighted by Gasteiger charge is -2.30. The molecular weight excluding hydrogens is 406 g/mol. The highest BCUT2D eigenvalue weighted by Crippen LogP contribution is 2.41. The average molecular weight is 441 g/mol. The third kappa shape index (κ3) is 6.19. The van der Waals surface area contributed by atoms with Crippen LogP contribution in [0.15, 0.2) is 61.4 Å². The molecule has 6 heteroatoms. The lowest BCUT2D eigenvalue weighted by molar-refractivity contribution is 0.569. The Morgan fingerprint density at radius 1 is 1.25 bits per heavy atom. The summed E-state index contributed by atoms with van der Waals surface area (Å²) in [7, 11) is 0. The molecule has 0 fully saturated rings. The minimum Gasteiger partial charge on any atom is -0.396 e. The van der Waals surface area contributed by atoms with Gasteiger partial charge in [0, 0.05) is 42.8 Å². The number of imidazole rings is 1. The van der Waals surface area contributed by atoms with Gasteiger partial charge in [-0.1, -0.05) is 43.7 Å². The molecule has 2 aromatic rings. The first kappa shape index (κ1) is 25.1. The third-order valence-electron chi connectivity index (χ3n) is 5.32. The SMILES string of the molecule is C=C1C=CN(CC/C(C)=C/C=C\C)c2c(F)c(C)c(F)c(N)c21.CCCCn1ccnc1. The van der Waals surface area contributed by atoms with Crippen LogP contribution in [0.4, 0.5) is 20.2 Å². The van der Waals surface area contributed by atoms with E-state index in [1.54, 1.807) is 17.2 Å². The number of nitrogens with zero attached hydrogens (tertiary/aromatic N) is 3. The second-order valence-corrected chi connectivity index (χ2v) is 7.87. The molecule has 1 aliphatic rings. The van der Waals surface area contributed by atoms with Crippen molar-refractivity contribution in [2.45, 2.75) is 53.5 Å². The Balaban J connectivity index is 0.000000336. The molecule has 0 bridgehead atoms.